The van der Waals surface area contributed by atoms with Gasteiger partial charge in [-0.2, -0.15) is 0 Å². The molecule has 0 radical (unpaired) electrons. The predicted molar refractivity (Wildman–Crippen MR) is 47.7 cm³/mol. The van der Waals surface area contributed by atoms with E-state index < -0.39 is 13.0 Å². The Labute approximate surface area is 80.3 Å². The van der Waals surface area contributed by atoms with E-state index in [1.54, 1.807) is 18.2 Å². The van der Waals surface area contributed by atoms with Crippen LogP contribution < -0.4 is 4.74 Å². The minimum Gasteiger partial charge on any atom is -0.486 e. The maximum Gasteiger partial charge on any atom is 0.272 e. The first-order chi connectivity index (χ1) is 6.09. The number of benzene rings is 1. The van der Waals surface area contributed by atoms with Crippen molar-refractivity contribution in [3.8, 4) is 5.75 Å². The zero-order valence-corrected chi connectivity index (χ0v) is 7.81. The van der Waals surface area contributed by atoms with E-state index in [2.05, 4.69) is 0 Å². The highest BCUT2D eigenvalue weighted by molar-refractivity contribution is 6.32. The molecule has 4 heteroatoms. The summed E-state index contributed by atoms with van der Waals surface area (Å²) in [5.41, 5.74) is 0.925. The number of aryl methyl sites for hydroxylation is 1. The smallest absolute Gasteiger partial charge is 0.272 e. The molecule has 0 fully saturated rings. The van der Waals surface area contributed by atoms with Crippen LogP contribution in [-0.2, 0) is 0 Å². The number of rotatable bonds is 3. The average Bonchev–Trinajstić information content (AvgIpc) is 2.06. The summed E-state index contributed by atoms with van der Waals surface area (Å²) < 4.78 is 28.4. The number of hydrogen-bond acceptors (Lipinski definition) is 1. The van der Waals surface area contributed by atoms with E-state index in [1.165, 1.54) is 0 Å². The second kappa shape index (κ2) is 4.42. The quantitative estimate of drug-likeness (QED) is 0.738. The van der Waals surface area contributed by atoms with E-state index in [9.17, 15) is 8.78 Å². The molecular formula is C9H9ClF2O. The van der Waals surface area contributed by atoms with Gasteiger partial charge in [0.2, 0.25) is 0 Å². The van der Waals surface area contributed by atoms with Crippen molar-refractivity contribution in [1.29, 1.82) is 0 Å². The molecule has 0 aliphatic carbocycles. The van der Waals surface area contributed by atoms with Crippen LogP contribution >= 0.6 is 11.6 Å². The molecule has 0 N–H and O–H groups in total. The second-order valence-electron chi connectivity index (χ2n) is 2.64. The Balaban J connectivity index is 2.70. The summed E-state index contributed by atoms with van der Waals surface area (Å²) >= 11 is 5.71. The van der Waals surface area contributed by atoms with Gasteiger partial charge in [-0.3, -0.25) is 0 Å². The van der Waals surface area contributed by atoms with Gasteiger partial charge >= 0.3 is 0 Å². The third-order valence-corrected chi connectivity index (χ3v) is 1.76. The lowest BCUT2D eigenvalue weighted by Gasteiger charge is -2.07. The monoisotopic (exact) mass is 206 g/mol. The second-order valence-corrected chi connectivity index (χ2v) is 3.04. The highest BCUT2D eigenvalue weighted by Crippen LogP contribution is 2.25. The molecule has 1 rings (SSSR count). The maximum absolute atomic E-state index is 11.8. The average molecular weight is 207 g/mol. The van der Waals surface area contributed by atoms with E-state index in [0.717, 1.165) is 5.56 Å². The molecule has 0 aliphatic heterocycles. The molecule has 72 valence electrons. The van der Waals surface area contributed by atoms with Crippen molar-refractivity contribution < 1.29 is 13.5 Å². The fraction of sp³-hybridized carbons (Fsp3) is 0.333. The van der Waals surface area contributed by atoms with Crippen molar-refractivity contribution in [2.45, 2.75) is 13.3 Å². The van der Waals surface area contributed by atoms with Gasteiger partial charge in [0.05, 0.1) is 5.02 Å². The minimum atomic E-state index is -2.48. The molecule has 1 aromatic carbocycles. The highest BCUT2D eigenvalue weighted by atomic mass is 35.5. The Morgan fingerprint density at radius 3 is 2.77 bits per heavy atom. The summed E-state index contributed by atoms with van der Waals surface area (Å²) in [6.45, 7) is 1.22. The third-order valence-electron chi connectivity index (χ3n) is 1.45. The number of ether oxygens (including phenoxy) is 1. The molecule has 0 heterocycles. The van der Waals surface area contributed by atoms with Gasteiger partial charge in [-0.25, -0.2) is 8.78 Å². The van der Waals surface area contributed by atoms with Gasteiger partial charge in [0, 0.05) is 0 Å². The fourth-order valence-electron chi connectivity index (χ4n) is 0.874. The van der Waals surface area contributed by atoms with E-state index in [0.29, 0.717) is 10.8 Å². The van der Waals surface area contributed by atoms with Crippen LogP contribution in [0.4, 0.5) is 8.78 Å². The van der Waals surface area contributed by atoms with Crippen molar-refractivity contribution in [1.82, 2.24) is 0 Å². The molecule has 0 unspecified atom stereocenters. The lowest BCUT2D eigenvalue weighted by molar-refractivity contribution is 0.0819. The number of alkyl halides is 2. The molecular weight excluding hydrogens is 198 g/mol. The van der Waals surface area contributed by atoms with Crippen LogP contribution in [0.25, 0.3) is 0 Å². The van der Waals surface area contributed by atoms with Gasteiger partial charge in [0.15, 0.2) is 0 Å². The van der Waals surface area contributed by atoms with Gasteiger partial charge in [0.1, 0.15) is 12.4 Å². The van der Waals surface area contributed by atoms with Crippen molar-refractivity contribution >= 4 is 11.6 Å². The van der Waals surface area contributed by atoms with Gasteiger partial charge in [-0.15, -0.1) is 0 Å². The van der Waals surface area contributed by atoms with Gasteiger partial charge in [-0.1, -0.05) is 17.7 Å². The Bertz CT molecular complexity index is 289. The van der Waals surface area contributed by atoms with Gasteiger partial charge in [0.25, 0.3) is 6.43 Å². The Morgan fingerprint density at radius 2 is 2.15 bits per heavy atom. The molecule has 0 bridgehead atoms. The Morgan fingerprint density at radius 1 is 1.46 bits per heavy atom. The lowest BCUT2D eigenvalue weighted by Crippen LogP contribution is -2.07. The fourth-order valence-corrected chi connectivity index (χ4v) is 1.05. The molecule has 0 aromatic heterocycles. The zero-order valence-electron chi connectivity index (χ0n) is 7.06. The van der Waals surface area contributed by atoms with Crippen LogP contribution in [-0.4, -0.2) is 13.0 Å². The molecule has 0 saturated carbocycles. The number of hydrogen-bond donors (Lipinski definition) is 0. The molecule has 13 heavy (non-hydrogen) atoms. The van der Waals surface area contributed by atoms with Crippen LogP contribution in [0.1, 0.15) is 5.56 Å². The van der Waals surface area contributed by atoms with Crippen molar-refractivity contribution in [2.75, 3.05) is 6.61 Å². The van der Waals surface area contributed by atoms with Crippen LogP contribution in [0.15, 0.2) is 18.2 Å². The summed E-state index contributed by atoms with van der Waals surface area (Å²) in [6, 6.07) is 5.04. The highest BCUT2D eigenvalue weighted by Gasteiger charge is 2.06. The Hall–Kier alpha value is -0.830. The SMILES string of the molecule is Cc1ccc(Cl)c(OCC(F)F)c1. The van der Waals surface area contributed by atoms with Gasteiger partial charge in [-0.05, 0) is 24.6 Å². The molecule has 0 spiro atoms. The van der Waals surface area contributed by atoms with Crippen LogP contribution in [0.3, 0.4) is 0 Å². The summed E-state index contributed by atoms with van der Waals surface area (Å²) in [5, 5.41) is 0.353. The largest absolute Gasteiger partial charge is 0.486 e. The zero-order chi connectivity index (χ0) is 9.84. The normalized spacial score (nSPS) is 10.5. The summed E-state index contributed by atoms with van der Waals surface area (Å²) in [5.74, 6) is 0.307. The minimum absolute atomic E-state index is 0.307. The van der Waals surface area contributed by atoms with Crippen molar-refractivity contribution in [3.63, 3.8) is 0 Å². The van der Waals surface area contributed by atoms with E-state index in [1.807, 2.05) is 6.92 Å². The van der Waals surface area contributed by atoms with Crippen molar-refractivity contribution in [3.05, 3.63) is 28.8 Å². The van der Waals surface area contributed by atoms with Crippen LogP contribution in [0.2, 0.25) is 5.02 Å². The van der Waals surface area contributed by atoms with E-state index >= 15 is 0 Å². The summed E-state index contributed by atoms with van der Waals surface area (Å²) in [4.78, 5) is 0. The molecule has 1 aromatic rings. The molecule has 0 aliphatic rings. The predicted octanol–water partition coefficient (Wildman–Crippen LogP) is 3.29. The lowest BCUT2D eigenvalue weighted by atomic mass is 10.2. The Kier molecular flexibility index (Phi) is 3.48. The number of halogens is 3. The topological polar surface area (TPSA) is 9.23 Å². The van der Waals surface area contributed by atoms with E-state index in [-0.39, 0.29) is 0 Å². The van der Waals surface area contributed by atoms with E-state index in [4.69, 9.17) is 16.3 Å². The summed E-state index contributed by atoms with van der Waals surface area (Å²) in [6.07, 6.45) is -2.48. The van der Waals surface area contributed by atoms with Gasteiger partial charge < -0.3 is 4.74 Å². The molecule has 1 nitrogen and oxygen atoms in total. The maximum atomic E-state index is 11.8. The standard InChI is InChI=1S/C9H9ClF2O/c1-6-2-3-7(10)8(4-6)13-5-9(11)12/h2-4,9H,5H2,1H3. The molecule has 0 amide bonds. The molecule has 0 saturated heterocycles. The summed E-state index contributed by atoms with van der Waals surface area (Å²) in [7, 11) is 0. The first-order valence-electron chi connectivity index (χ1n) is 3.76. The van der Waals surface area contributed by atoms with Crippen LogP contribution in [0.5, 0.6) is 5.75 Å². The third kappa shape index (κ3) is 3.19. The first kappa shape index (κ1) is 10.3. The van der Waals surface area contributed by atoms with Crippen molar-refractivity contribution in [2.24, 2.45) is 0 Å². The molecule has 0 atom stereocenters. The van der Waals surface area contributed by atoms with Crippen LogP contribution in [0, 0.1) is 6.92 Å². The first-order valence-corrected chi connectivity index (χ1v) is 4.14.